The summed E-state index contributed by atoms with van der Waals surface area (Å²) >= 11 is 0. The number of hydrogen-bond donors (Lipinski definition) is 2. The Morgan fingerprint density at radius 1 is 1.58 bits per heavy atom. The van der Waals surface area contributed by atoms with Gasteiger partial charge in [0.2, 0.25) is 0 Å². The van der Waals surface area contributed by atoms with Crippen LogP contribution in [0.4, 0.5) is 0 Å². The number of carboxylic acids is 1. The smallest absolute Gasteiger partial charge is 0.335 e. The van der Waals surface area contributed by atoms with Gasteiger partial charge in [-0.05, 0) is 6.08 Å². The highest BCUT2D eigenvalue weighted by molar-refractivity contribution is 6.02. The lowest BCUT2D eigenvalue weighted by molar-refractivity contribution is -0.133. The number of aliphatic hydroxyl groups is 1. The molecule has 0 heterocycles. The van der Waals surface area contributed by atoms with Gasteiger partial charge in [0.05, 0.1) is 12.0 Å². The molecule has 0 amide bonds. The average molecular weight is 166 g/mol. The van der Waals surface area contributed by atoms with E-state index < -0.39 is 5.97 Å². The minimum Gasteiger partial charge on any atom is -0.507 e. The Morgan fingerprint density at radius 2 is 2.25 bits per heavy atom. The number of hydrogen-bond acceptors (Lipinski definition) is 2. The van der Waals surface area contributed by atoms with Crippen LogP contribution < -0.4 is 0 Å². The molecular formula is C7H6N2O3. The zero-order valence-corrected chi connectivity index (χ0v) is 6.06. The number of aliphatic hydroxyl groups excluding tert-OH is 1. The normalized spacial score (nSPS) is 16.2. The van der Waals surface area contributed by atoms with E-state index in [-0.39, 0.29) is 23.5 Å². The first-order valence-electron chi connectivity index (χ1n) is 3.19. The van der Waals surface area contributed by atoms with Crippen LogP contribution >= 0.6 is 0 Å². The maximum Gasteiger partial charge on any atom is 0.335 e. The van der Waals surface area contributed by atoms with Gasteiger partial charge >= 0.3 is 5.97 Å². The van der Waals surface area contributed by atoms with Crippen molar-refractivity contribution in [1.29, 1.82) is 0 Å². The van der Waals surface area contributed by atoms with Crippen molar-refractivity contribution in [3.8, 4) is 0 Å². The molecule has 62 valence electrons. The van der Waals surface area contributed by atoms with Crippen molar-refractivity contribution in [3.05, 3.63) is 29.0 Å². The Hall–Kier alpha value is -1.87. The zero-order valence-electron chi connectivity index (χ0n) is 6.06. The molecule has 0 fully saturated rings. The Bertz CT molecular complexity index is 335. The summed E-state index contributed by atoms with van der Waals surface area (Å²) in [5.74, 6) is -1.51. The Balaban J connectivity index is 3.06. The molecule has 0 saturated carbocycles. The molecule has 1 aliphatic carbocycles. The average Bonchev–Trinajstić information content (AvgIpc) is 2.05. The van der Waals surface area contributed by atoms with E-state index in [1.165, 1.54) is 12.2 Å². The minimum atomic E-state index is -1.21. The van der Waals surface area contributed by atoms with Gasteiger partial charge in [0.1, 0.15) is 5.76 Å². The molecular weight excluding hydrogens is 160 g/mol. The van der Waals surface area contributed by atoms with E-state index in [0.717, 1.165) is 0 Å². The van der Waals surface area contributed by atoms with Crippen LogP contribution in [0.25, 0.3) is 5.53 Å². The van der Waals surface area contributed by atoms with Crippen molar-refractivity contribution in [1.82, 2.24) is 0 Å². The summed E-state index contributed by atoms with van der Waals surface area (Å²) in [5, 5.41) is 17.6. The largest absolute Gasteiger partial charge is 0.507 e. The van der Waals surface area contributed by atoms with Gasteiger partial charge in [-0.3, -0.25) is 0 Å². The fraction of sp³-hybridized carbons (Fsp3) is 0.143. The standard InChI is InChI=1S/C7H6N2O3/c8-9-4-1-2-6(10)5(3-4)7(11)12/h1-2,10H,3H2,(H,11,12). The second-order valence-corrected chi connectivity index (χ2v) is 2.27. The lowest BCUT2D eigenvalue weighted by Gasteiger charge is -2.03. The first-order valence-corrected chi connectivity index (χ1v) is 3.19. The fourth-order valence-electron chi connectivity index (χ4n) is 0.860. The summed E-state index contributed by atoms with van der Waals surface area (Å²) in [6.45, 7) is 0. The molecule has 0 saturated heterocycles. The van der Waals surface area contributed by atoms with Gasteiger partial charge in [0.15, 0.2) is 0 Å². The topological polar surface area (TPSA) is 93.9 Å². The van der Waals surface area contributed by atoms with Crippen molar-refractivity contribution in [2.45, 2.75) is 6.42 Å². The van der Waals surface area contributed by atoms with Gasteiger partial charge in [-0.15, -0.1) is 0 Å². The van der Waals surface area contributed by atoms with Gasteiger partial charge in [0.25, 0.3) is 5.71 Å². The maximum absolute atomic E-state index is 10.4. The molecule has 0 aromatic rings. The predicted molar refractivity (Wildman–Crippen MR) is 39.7 cm³/mol. The highest BCUT2D eigenvalue weighted by Crippen LogP contribution is 2.14. The molecule has 0 unspecified atom stereocenters. The first-order chi connectivity index (χ1) is 5.65. The molecule has 0 aromatic heterocycles. The molecule has 0 aromatic carbocycles. The third kappa shape index (κ3) is 1.41. The molecule has 12 heavy (non-hydrogen) atoms. The molecule has 0 bridgehead atoms. The van der Waals surface area contributed by atoms with Crippen LogP contribution in [0.5, 0.6) is 0 Å². The molecule has 2 N–H and O–H groups in total. The van der Waals surface area contributed by atoms with Crippen molar-refractivity contribution >= 4 is 11.7 Å². The van der Waals surface area contributed by atoms with Gasteiger partial charge in [-0.1, -0.05) is 0 Å². The molecule has 0 radical (unpaired) electrons. The SMILES string of the molecule is [N-]=[N+]=C1C=CC(O)=C(C(=O)O)C1. The van der Waals surface area contributed by atoms with Crippen LogP contribution in [0.1, 0.15) is 6.42 Å². The maximum atomic E-state index is 10.4. The predicted octanol–water partition coefficient (Wildman–Crippen LogP) is 0.514. The molecule has 5 nitrogen and oxygen atoms in total. The van der Waals surface area contributed by atoms with Gasteiger partial charge in [-0.2, -0.15) is 4.79 Å². The van der Waals surface area contributed by atoms with E-state index in [2.05, 4.69) is 4.79 Å². The van der Waals surface area contributed by atoms with E-state index in [9.17, 15) is 4.79 Å². The van der Waals surface area contributed by atoms with Crippen LogP contribution in [0.2, 0.25) is 0 Å². The first kappa shape index (κ1) is 8.23. The zero-order chi connectivity index (χ0) is 9.14. The number of aliphatic carboxylic acids is 1. The molecule has 1 aliphatic rings. The summed E-state index contributed by atoms with van der Waals surface area (Å²) < 4.78 is 0. The Morgan fingerprint density at radius 3 is 2.75 bits per heavy atom. The molecule has 5 heteroatoms. The van der Waals surface area contributed by atoms with Crippen LogP contribution in [-0.2, 0) is 4.79 Å². The third-order valence-electron chi connectivity index (χ3n) is 1.49. The van der Waals surface area contributed by atoms with Crippen LogP contribution in [0.3, 0.4) is 0 Å². The summed E-state index contributed by atoms with van der Waals surface area (Å²) in [4.78, 5) is 13.3. The monoisotopic (exact) mass is 166 g/mol. The molecule has 1 rings (SSSR count). The molecule has 0 aliphatic heterocycles. The Labute approximate surface area is 67.9 Å². The van der Waals surface area contributed by atoms with E-state index in [4.69, 9.17) is 15.7 Å². The number of rotatable bonds is 1. The lowest BCUT2D eigenvalue weighted by Crippen LogP contribution is -2.12. The van der Waals surface area contributed by atoms with Gasteiger partial charge in [0, 0.05) is 6.08 Å². The van der Waals surface area contributed by atoms with E-state index in [1.807, 2.05) is 0 Å². The quantitative estimate of drug-likeness (QED) is 0.439. The van der Waals surface area contributed by atoms with Crippen molar-refractivity contribution in [3.63, 3.8) is 0 Å². The van der Waals surface area contributed by atoms with Gasteiger partial charge in [-0.25, -0.2) is 4.79 Å². The van der Waals surface area contributed by atoms with Crippen molar-refractivity contribution in [2.75, 3.05) is 0 Å². The summed E-state index contributed by atoms with van der Waals surface area (Å²) in [7, 11) is 0. The minimum absolute atomic E-state index is 0.0613. The van der Waals surface area contributed by atoms with E-state index in [1.54, 1.807) is 0 Å². The molecule has 0 spiro atoms. The van der Waals surface area contributed by atoms with E-state index >= 15 is 0 Å². The van der Waals surface area contributed by atoms with Crippen molar-refractivity contribution < 1.29 is 19.8 Å². The highest BCUT2D eigenvalue weighted by Gasteiger charge is 2.22. The van der Waals surface area contributed by atoms with Crippen molar-refractivity contribution in [2.24, 2.45) is 0 Å². The fourth-order valence-corrected chi connectivity index (χ4v) is 0.860. The summed E-state index contributed by atoms with van der Waals surface area (Å²) in [6.07, 6.45) is 2.47. The highest BCUT2D eigenvalue weighted by atomic mass is 16.4. The van der Waals surface area contributed by atoms with Crippen LogP contribution in [0.15, 0.2) is 23.5 Å². The summed E-state index contributed by atoms with van der Waals surface area (Å²) in [6, 6.07) is 0. The van der Waals surface area contributed by atoms with E-state index in [0.29, 0.717) is 0 Å². The number of nitrogens with zero attached hydrogens (tertiary/aromatic N) is 2. The number of carboxylic acid groups (broad SMARTS) is 1. The second-order valence-electron chi connectivity index (χ2n) is 2.27. The second kappa shape index (κ2) is 3.02. The molecule has 0 atom stereocenters. The van der Waals surface area contributed by atoms with Gasteiger partial charge < -0.3 is 15.7 Å². The summed E-state index contributed by atoms with van der Waals surface area (Å²) in [5.41, 5.74) is 8.37. The lowest BCUT2D eigenvalue weighted by atomic mass is 10.0. The number of allylic oxidation sites excluding steroid dienone is 2. The number of carbonyl (C=O) groups is 1. The third-order valence-corrected chi connectivity index (χ3v) is 1.49. The van der Waals surface area contributed by atoms with Crippen LogP contribution in [-0.4, -0.2) is 26.7 Å². The van der Waals surface area contributed by atoms with Crippen LogP contribution in [0, 0.1) is 0 Å². The Kier molecular flexibility index (Phi) is 2.07.